The summed E-state index contributed by atoms with van der Waals surface area (Å²) in [4.78, 5) is 16.5. The molecule has 158 valence electrons. The number of halogens is 1. The standard InChI is InChI=1S/C22H20FN5O3/c1-27-17-6-5-16(24-21(29)14-3-2-4-15(23)11-14)12-19(17)31-22-18(27)13-20(25-26-22)28-7-9-30-10-8-28/h2-6,11-13H,7-10H2,1H3,(H,24,29). The predicted octanol–water partition coefficient (Wildman–Crippen LogP) is 3.58. The SMILES string of the molecule is CN1c2ccc(NC(=O)c3cccc(F)c3)cc2Oc2nnc(N3CCOCC3)cc21. The highest BCUT2D eigenvalue weighted by Gasteiger charge is 2.26. The fraction of sp³-hybridized carbons (Fsp3) is 0.227. The number of ether oxygens (including phenoxy) is 2. The molecular weight excluding hydrogens is 401 g/mol. The van der Waals surface area contributed by atoms with Gasteiger partial charge in [0.25, 0.3) is 11.8 Å². The summed E-state index contributed by atoms with van der Waals surface area (Å²) < 4.78 is 24.8. The van der Waals surface area contributed by atoms with Gasteiger partial charge in [-0.15, -0.1) is 10.2 Å². The molecule has 0 aliphatic carbocycles. The van der Waals surface area contributed by atoms with Gasteiger partial charge < -0.3 is 24.6 Å². The molecule has 1 N–H and O–H groups in total. The zero-order valence-corrected chi connectivity index (χ0v) is 16.8. The quantitative estimate of drug-likeness (QED) is 0.692. The zero-order chi connectivity index (χ0) is 21.4. The third-order valence-electron chi connectivity index (χ3n) is 5.30. The second-order valence-electron chi connectivity index (χ2n) is 7.30. The first-order valence-corrected chi connectivity index (χ1v) is 9.91. The number of benzene rings is 2. The van der Waals surface area contributed by atoms with E-state index in [1.165, 1.54) is 18.2 Å². The molecule has 5 rings (SSSR count). The highest BCUT2D eigenvalue weighted by molar-refractivity contribution is 6.04. The largest absolute Gasteiger partial charge is 0.434 e. The van der Waals surface area contributed by atoms with Crippen molar-refractivity contribution in [1.29, 1.82) is 0 Å². The van der Waals surface area contributed by atoms with E-state index in [-0.39, 0.29) is 5.56 Å². The molecule has 9 heteroatoms. The molecule has 2 aliphatic rings. The molecule has 8 nitrogen and oxygen atoms in total. The molecule has 0 unspecified atom stereocenters. The Morgan fingerprint density at radius 1 is 1.06 bits per heavy atom. The van der Waals surface area contributed by atoms with Gasteiger partial charge in [-0.3, -0.25) is 4.79 Å². The third-order valence-corrected chi connectivity index (χ3v) is 5.30. The van der Waals surface area contributed by atoms with E-state index >= 15 is 0 Å². The number of hydrogen-bond acceptors (Lipinski definition) is 7. The van der Waals surface area contributed by atoms with Crippen LogP contribution in [0.3, 0.4) is 0 Å². The van der Waals surface area contributed by atoms with Crippen LogP contribution in [0.15, 0.2) is 48.5 Å². The van der Waals surface area contributed by atoms with Crippen LogP contribution in [0.25, 0.3) is 0 Å². The monoisotopic (exact) mass is 421 g/mol. The van der Waals surface area contributed by atoms with E-state index in [1.54, 1.807) is 18.2 Å². The summed E-state index contributed by atoms with van der Waals surface area (Å²) in [6, 6.07) is 12.8. The van der Waals surface area contributed by atoms with E-state index in [1.807, 2.05) is 24.1 Å². The molecule has 3 heterocycles. The topological polar surface area (TPSA) is 79.8 Å². The van der Waals surface area contributed by atoms with E-state index in [9.17, 15) is 9.18 Å². The van der Waals surface area contributed by atoms with Gasteiger partial charge in [-0.2, -0.15) is 0 Å². The number of rotatable bonds is 3. The number of anilines is 4. The second-order valence-corrected chi connectivity index (χ2v) is 7.30. The first-order chi connectivity index (χ1) is 15.1. The number of hydrogen-bond donors (Lipinski definition) is 1. The van der Waals surface area contributed by atoms with Crippen LogP contribution in [-0.2, 0) is 4.74 Å². The highest BCUT2D eigenvalue weighted by atomic mass is 19.1. The summed E-state index contributed by atoms with van der Waals surface area (Å²) >= 11 is 0. The Labute approximate surface area is 178 Å². The smallest absolute Gasteiger partial charge is 0.263 e. The van der Waals surface area contributed by atoms with Crippen molar-refractivity contribution in [2.75, 3.05) is 48.5 Å². The normalized spacial score (nSPS) is 15.0. The third kappa shape index (κ3) is 3.75. The van der Waals surface area contributed by atoms with Crippen LogP contribution in [0.4, 0.5) is 27.3 Å². The van der Waals surface area contributed by atoms with Crippen molar-refractivity contribution in [3.63, 3.8) is 0 Å². The predicted molar refractivity (Wildman–Crippen MR) is 114 cm³/mol. The Bertz CT molecular complexity index is 1150. The molecule has 0 spiro atoms. The summed E-state index contributed by atoms with van der Waals surface area (Å²) in [7, 11) is 1.93. The van der Waals surface area contributed by atoms with Gasteiger partial charge in [0.2, 0.25) is 0 Å². The maximum Gasteiger partial charge on any atom is 0.263 e. The van der Waals surface area contributed by atoms with Crippen molar-refractivity contribution in [3.8, 4) is 11.6 Å². The van der Waals surface area contributed by atoms with Crippen molar-refractivity contribution < 1.29 is 18.7 Å². The molecule has 0 radical (unpaired) electrons. The maximum absolute atomic E-state index is 13.4. The molecule has 1 fully saturated rings. The lowest BCUT2D eigenvalue weighted by Crippen LogP contribution is -2.37. The minimum absolute atomic E-state index is 0.239. The number of carbonyl (C=O) groups excluding carboxylic acids is 1. The number of nitrogens with one attached hydrogen (secondary N) is 1. The van der Waals surface area contributed by atoms with Crippen LogP contribution in [0.1, 0.15) is 10.4 Å². The molecule has 3 aromatic rings. The van der Waals surface area contributed by atoms with Crippen molar-refractivity contribution >= 4 is 28.8 Å². The highest BCUT2D eigenvalue weighted by Crippen LogP contribution is 2.46. The zero-order valence-electron chi connectivity index (χ0n) is 16.8. The minimum atomic E-state index is -0.463. The molecule has 2 aliphatic heterocycles. The summed E-state index contributed by atoms with van der Waals surface area (Å²) in [5.41, 5.74) is 2.41. The molecule has 2 aromatic carbocycles. The Morgan fingerprint density at radius 3 is 2.71 bits per heavy atom. The van der Waals surface area contributed by atoms with Gasteiger partial charge >= 0.3 is 0 Å². The molecular formula is C22H20FN5O3. The van der Waals surface area contributed by atoms with Crippen LogP contribution in [0, 0.1) is 5.82 Å². The average Bonchev–Trinajstić information content (AvgIpc) is 2.79. The van der Waals surface area contributed by atoms with Gasteiger partial charge in [-0.1, -0.05) is 6.07 Å². The van der Waals surface area contributed by atoms with Crippen molar-refractivity contribution in [3.05, 3.63) is 59.9 Å². The number of fused-ring (bicyclic) bond motifs is 2. The lowest BCUT2D eigenvalue weighted by molar-refractivity contribution is 0.102. The Balaban J connectivity index is 1.38. The number of nitrogens with zero attached hydrogens (tertiary/aromatic N) is 4. The fourth-order valence-corrected chi connectivity index (χ4v) is 3.64. The van der Waals surface area contributed by atoms with Crippen LogP contribution in [0.2, 0.25) is 0 Å². The minimum Gasteiger partial charge on any atom is -0.434 e. The lowest BCUT2D eigenvalue weighted by atomic mass is 10.1. The molecule has 1 amide bonds. The van der Waals surface area contributed by atoms with Gasteiger partial charge in [0.05, 0.1) is 18.9 Å². The number of morpholine rings is 1. The van der Waals surface area contributed by atoms with Gasteiger partial charge in [0.1, 0.15) is 11.5 Å². The lowest BCUT2D eigenvalue weighted by Gasteiger charge is -2.31. The van der Waals surface area contributed by atoms with E-state index in [0.29, 0.717) is 30.5 Å². The first-order valence-electron chi connectivity index (χ1n) is 9.91. The van der Waals surface area contributed by atoms with Crippen LogP contribution in [0.5, 0.6) is 11.6 Å². The fourth-order valence-electron chi connectivity index (χ4n) is 3.64. The Kier molecular flexibility index (Phi) is 4.87. The first kappa shape index (κ1) is 19.3. The average molecular weight is 421 g/mol. The summed E-state index contributed by atoms with van der Waals surface area (Å²) in [5.74, 6) is 0.842. The molecule has 1 saturated heterocycles. The Hall–Kier alpha value is -3.72. The van der Waals surface area contributed by atoms with E-state index in [0.717, 1.165) is 30.3 Å². The summed E-state index contributed by atoms with van der Waals surface area (Å²) in [6.07, 6.45) is 0. The molecule has 31 heavy (non-hydrogen) atoms. The van der Waals surface area contributed by atoms with E-state index in [2.05, 4.69) is 20.4 Å². The molecule has 0 atom stereocenters. The van der Waals surface area contributed by atoms with Crippen molar-refractivity contribution in [1.82, 2.24) is 10.2 Å². The number of carbonyl (C=O) groups is 1. The van der Waals surface area contributed by atoms with Crippen LogP contribution >= 0.6 is 0 Å². The van der Waals surface area contributed by atoms with Crippen molar-refractivity contribution in [2.45, 2.75) is 0 Å². The van der Waals surface area contributed by atoms with E-state index < -0.39 is 11.7 Å². The second kappa shape index (κ2) is 7.84. The summed E-state index contributed by atoms with van der Waals surface area (Å²) in [6.45, 7) is 2.86. The maximum atomic E-state index is 13.4. The Morgan fingerprint density at radius 2 is 1.90 bits per heavy atom. The van der Waals surface area contributed by atoms with Crippen LogP contribution < -0.4 is 19.9 Å². The molecule has 0 saturated carbocycles. The van der Waals surface area contributed by atoms with E-state index in [4.69, 9.17) is 9.47 Å². The van der Waals surface area contributed by atoms with Gasteiger partial charge in [0, 0.05) is 43.5 Å². The summed E-state index contributed by atoms with van der Waals surface area (Å²) in [5, 5.41) is 11.3. The molecule has 0 bridgehead atoms. The van der Waals surface area contributed by atoms with Gasteiger partial charge in [0.15, 0.2) is 11.6 Å². The number of aromatic nitrogens is 2. The number of amides is 1. The van der Waals surface area contributed by atoms with Gasteiger partial charge in [-0.05, 0) is 30.3 Å². The molecule has 1 aromatic heterocycles. The van der Waals surface area contributed by atoms with Crippen LogP contribution in [-0.4, -0.2) is 49.5 Å². The van der Waals surface area contributed by atoms with Gasteiger partial charge in [-0.25, -0.2) is 4.39 Å². The van der Waals surface area contributed by atoms with Crippen molar-refractivity contribution in [2.24, 2.45) is 0 Å².